The number of aromatic amines is 1. The first-order valence-electron chi connectivity index (χ1n) is 9.18. The molecular weight excluding hydrogens is 364 g/mol. The lowest BCUT2D eigenvalue weighted by Crippen LogP contribution is -2.33. The number of nitrogens with one attached hydrogen (secondary N) is 1. The van der Waals surface area contributed by atoms with Crippen LogP contribution in [0.1, 0.15) is 5.69 Å². The summed E-state index contributed by atoms with van der Waals surface area (Å²) in [6, 6.07) is 16.8. The Hall–Kier alpha value is -4.06. The summed E-state index contributed by atoms with van der Waals surface area (Å²) in [7, 11) is 0. The predicted octanol–water partition coefficient (Wildman–Crippen LogP) is 3.60. The Kier molecular flexibility index (Phi) is 3.84. The number of hydrogen-bond acceptors (Lipinski definition) is 4. The van der Waals surface area contributed by atoms with E-state index in [4.69, 9.17) is 0 Å². The topological polar surface area (TPSA) is 80.6 Å². The maximum absolute atomic E-state index is 13.2. The lowest BCUT2D eigenvalue weighted by Gasteiger charge is -2.10. The highest BCUT2D eigenvalue weighted by Gasteiger charge is 2.13. The average Bonchev–Trinajstić information content (AvgIpc) is 2.74. The van der Waals surface area contributed by atoms with Crippen molar-refractivity contribution in [1.29, 1.82) is 0 Å². The molecule has 29 heavy (non-hydrogen) atoms. The van der Waals surface area contributed by atoms with Crippen LogP contribution in [0, 0.1) is 6.92 Å². The fourth-order valence-electron chi connectivity index (χ4n) is 3.67. The van der Waals surface area contributed by atoms with Gasteiger partial charge < -0.3 is 4.98 Å². The molecule has 0 saturated heterocycles. The highest BCUT2D eigenvalue weighted by atomic mass is 16.2. The molecule has 0 radical (unpaired) electrons. The van der Waals surface area contributed by atoms with Gasteiger partial charge in [0.05, 0.1) is 22.8 Å². The van der Waals surface area contributed by atoms with Crippen LogP contribution in [0.5, 0.6) is 0 Å². The second-order valence-electron chi connectivity index (χ2n) is 6.85. The van der Waals surface area contributed by atoms with Gasteiger partial charge in [-0.2, -0.15) is 0 Å². The van der Waals surface area contributed by atoms with Gasteiger partial charge in [-0.1, -0.05) is 36.4 Å². The van der Waals surface area contributed by atoms with E-state index in [9.17, 15) is 9.59 Å². The largest absolute Gasteiger partial charge is 0.333 e. The Morgan fingerprint density at radius 2 is 1.79 bits per heavy atom. The average molecular weight is 380 g/mol. The standard InChI is InChI=1S/C23H16N4O2/c1-14-17(7-4-10-25-14)15-8-9-19-20(11-15)26-23(29)27(22(19)28)21-13-24-12-16-5-2-3-6-18(16)21/h2-13H,1H3,(H,26,29). The Morgan fingerprint density at radius 1 is 0.931 bits per heavy atom. The molecule has 3 heterocycles. The third kappa shape index (κ3) is 2.73. The molecule has 2 aromatic carbocycles. The number of pyridine rings is 2. The zero-order valence-corrected chi connectivity index (χ0v) is 15.6. The summed E-state index contributed by atoms with van der Waals surface area (Å²) < 4.78 is 1.15. The highest BCUT2D eigenvalue weighted by Crippen LogP contribution is 2.24. The van der Waals surface area contributed by atoms with Crippen molar-refractivity contribution in [2.24, 2.45) is 0 Å². The van der Waals surface area contributed by atoms with Gasteiger partial charge in [0.25, 0.3) is 5.56 Å². The maximum Gasteiger partial charge on any atom is 0.333 e. The van der Waals surface area contributed by atoms with E-state index in [1.807, 2.05) is 55.5 Å². The quantitative estimate of drug-likeness (QED) is 0.507. The van der Waals surface area contributed by atoms with Crippen LogP contribution in [0.25, 0.3) is 38.5 Å². The first-order valence-corrected chi connectivity index (χ1v) is 9.18. The number of hydrogen-bond donors (Lipinski definition) is 1. The molecule has 0 atom stereocenters. The lowest BCUT2D eigenvalue weighted by atomic mass is 10.0. The molecule has 0 aliphatic carbocycles. The molecule has 0 saturated carbocycles. The summed E-state index contributed by atoms with van der Waals surface area (Å²) in [6.07, 6.45) is 4.98. The first kappa shape index (κ1) is 17.1. The van der Waals surface area contributed by atoms with Crippen molar-refractivity contribution in [2.45, 2.75) is 6.92 Å². The van der Waals surface area contributed by atoms with Gasteiger partial charge in [-0.15, -0.1) is 0 Å². The van der Waals surface area contributed by atoms with Gasteiger partial charge in [0.2, 0.25) is 0 Å². The summed E-state index contributed by atoms with van der Waals surface area (Å²) in [6.45, 7) is 1.92. The Balaban J connectivity index is 1.78. The normalized spacial score (nSPS) is 11.2. The zero-order chi connectivity index (χ0) is 20.0. The minimum absolute atomic E-state index is 0.378. The van der Waals surface area contributed by atoms with Crippen LogP contribution >= 0.6 is 0 Å². The van der Waals surface area contributed by atoms with Gasteiger partial charge in [0.1, 0.15) is 0 Å². The second-order valence-corrected chi connectivity index (χ2v) is 6.85. The van der Waals surface area contributed by atoms with Crippen LogP contribution in [-0.4, -0.2) is 19.5 Å². The van der Waals surface area contributed by atoms with Crippen LogP contribution in [-0.2, 0) is 0 Å². The molecule has 0 amide bonds. The summed E-state index contributed by atoms with van der Waals surface area (Å²) in [5, 5.41) is 2.08. The van der Waals surface area contributed by atoms with Crippen LogP contribution in [0.2, 0.25) is 0 Å². The van der Waals surface area contributed by atoms with E-state index in [2.05, 4.69) is 15.0 Å². The van der Waals surface area contributed by atoms with Gasteiger partial charge in [0, 0.05) is 34.4 Å². The molecule has 0 aliphatic rings. The number of nitrogens with zero attached hydrogens (tertiary/aromatic N) is 3. The molecule has 0 fully saturated rings. The van der Waals surface area contributed by atoms with E-state index in [1.165, 1.54) is 6.20 Å². The van der Waals surface area contributed by atoms with Gasteiger partial charge in [-0.25, -0.2) is 9.36 Å². The fraction of sp³-hybridized carbons (Fsp3) is 0.0435. The molecule has 5 aromatic rings. The van der Waals surface area contributed by atoms with Crippen LogP contribution in [0.4, 0.5) is 0 Å². The van der Waals surface area contributed by atoms with Gasteiger partial charge in [-0.05, 0) is 30.7 Å². The van der Waals surface area contributed by atoms with Crippen molar-refractivity contribution in [3.05, 3.63) is 99.7 Å². The van der Waals surface area contributed by atoms with Crippen molar-refractivity contribution < 1.29 is 0 Å². The molecule has 6 heteroatoms. The van der Waals surface area contributed by atoms with E-state index in [1.54, 1.807) is 18.5 Å². The number of aromatic nitrogens is 4. The number of benzene rings is 2. The zero-order valence-electron chi connectivity index (χ0n) is 15.6. The van der Waals surface area contributed by atoms with Crippen molar-refractivity contribution in [2.75, 3.05) is 0 Å². The van der Waals surface area contributed by atoms with Crippen LogP contribution in [0.3, 0.4) is 0 Å². The van der Waals surface area contributed by atoms with Crippen molar-refractivity contribution >= 4 is 21.7 Å². The third-order valence-electron chi connectivity index (χ3n) is 5.10. The second kappa shape index (κ2) is 6.53. The summed E-state index contributed by atoms with van der Waals surface area (Å²) in [5.41, 5.74) is 2.80. The van der Waals surface area contributed by atoms with E-state index < -0.39 is 5.69 Å². The number of fused-ring (bicyclic) bond motifs is 2. The molecule has 1 N–H and O–H groups in total. The predicted molar refractivity (Wildman–Crippen MR) is 113 cm³/mol. The number of H-pyrrole nitrogens is 1. The van der Waals surface area contributed by atoms with E-state index in [0.29, 0.717) is 16.6 Å². The maximum atomic E-state index is 13.2. The fourth-order valence-corrected chi connectivity index (χ4v) is 3.67. The molecule has 3 aromatic heterocycles. The van der Waals surface area contributed by atoms with Crippen molar-refractivity contribution in [3.63, 3.8) is 0 Å². The summed E-state index contributed by atoms with van der Waals surface area (Å²) in [5.74, 6) is 0. The highest BCUT2D eigenvalue weighted by molar-refractivity contribution is 5.90. The van der Waals surface area contributed by atoms with Gasteiger partial charge >= 0.3 is 5.69 Å². The number of aryl methyl sites for hydroxylation is 1. The molecule has 6 nitrogen and oxygen atoms in total. The number of rotatable bonds is 2. The van der Waals surface area contributed by atoms with E-state index in [-0.39, 0.29) is 5.56 Å². The Labute approximate surface area is 165 Å². The van der Waals surface area contributed by atoms with Crippen LogP contribution in [0.15, 0.2) is 82.8 Å². The Bertz CT molecular complexity index is 1510. The van der Waals surface area contributed by atoms with Gasteiger partial charge in [0.15, 0.2) is 0 Å². The first-order chi connectivity index (χ1) is 14.1. The SMILES string of the molecule is Cc1ncccc1-c1ccc2c(=O)n(-c3cncc4ccccc34)c(=O)[nH]c2c1. The molecular formula is C23H16N4O2. The molecule has 0 unspecified atom stereocenters. The summed E-state index contributed by atoms with van der Waals surface area (Å²) >= 11 is 0. The molecule has 0 spiro atoms. The molecule has 140 valence electrons. The monoisotopic (exact) mass is 380 g/mol. The van der Waals surface area contributed by atoms with Crippen molar-refractivity contribution in [1.82, 2.24) is 19.5 Å². The Morgan fingerprint density at radius 3 is 2.66 bits per heavy atom. The van der Waals surface area contributed by atoms with Crippen LogP contribution < -0.4 is 11.2 Å². The van der Waals surface area contributed by atoms with Gasteiger partial charge in [-0.3, -0.25) is 14.8 Å². The smallest absolute Gasteiger partial charge is 0.306 e. The molecule has 0 bridgehead atoms. The van der Waals surface area contributed by atoms with E-state index in [0.717, 1.165) is 32.2 Å². The third-order valence-corrected chi connectivity index (χ3v) is 5.10. The summed E-state index contributed by atoms with van der Waals surface area (Å²) in [4.78, 5) is 37.4. The van der Waals surface area contributed by atoms with E-state index >= 15 is 0 Å². The lowest BCUT2D eigenvalue weighted by molar-refractivity contribution is 0.902. The van der Waals surface area contributed by atoms with Crippen molar-refractivity contribution in [3.8, 4) is 16.8 Å². The molecule has 0 aliphatic heterocycles. The minimum atomic E-state index is -0.499. The molecule has 5 rings (SSSR count). The minimum Gasteiger partial charge on any atom is -0.306 e.